The Morgan fingerprint density at radius 3 is 2.39 bits per heavy atom. The Bertz CT molecular complexity index is 1200. The molecule has 1 aliphatic rings. The first kappa shape index (κ1) is 28.3. The number of aryl methyl sites for hydroxylation is 1. The van der Waals surface area contributed by atoms with E-state index in [1.165, 1.54) is 11.0 Å². The van der Waals surface area contributed by atoms with Crippen LogP contribution < -0.4 is 9.62 Å². The monoisotopic (exact) mass is 553 g/mol. The normalized spacial score (nSPS) is 15.2. The van der Waals surface area contributed by atoms with Gasteiger partial charge in [0, 0.05) is 22.6 Å². The van der Waals surface area contributed by atoms with E-state index in [1.54, 1.807) is 44.2 Å². The summed E-state index contributed by atoms with van der Waals surface area (Å²) >= 11 is 12.4. The molecule has 2 aromatic rings. The zero-order valence-corrected chi connectivity index (χ0v) is 23.2. The molecule has 0 heterocycles. The molecule has 3 rings (SSSR count). The van der Waals surface area contributed by atoms with Gasteiger partial charge in [-0.15, -0.1) is 0 Å². The average molecular weight is 555 g/mol. The third kappa shape index (κ3) is 7.60. The van der Waals surface area contributed by atoms with Crippen molar-refractivity contribution in [3.05, 3.63) is 63.6 Å². The van der Waals surface area contributed by atoms with Crippen molar-refractivity contribution in [3.8, 4) is 0 Å². The number of carbonyl (C=O) groups is 2. The fraction of sp³-hybridized carbons (Fsp3) is 0.462. The molecule has 2 amide bonds. The molecular formula is C26H33Cl2N3O4S. The van der Waals surface area contributed by atoms with Crippen LogP contribution in [0.1, 0.15) is 50.2 Å². The Balaban J connectivity index is 1.88. The minimum absolute atomic E-state index is 0.0824. The van der Waals surface area contributed by atoms with E-state index in [9.17, 15) is 18.0 Å². The van der Waals surface area contributed by atoms with Crippen LogP contribution in [-0.4, -0.2) is 50.0 Å². The lowest BCUT2D eigenvalue weighted by atomic mass is 9.95. The minimum Gasteiger partial charge on any atom is -0.352 e. The molecule has 0 spiro atoms. The molecule has 10 heteroatoms. The number of benzene rings is 2. The van der Waals surface area contributed by atoms with Crippen LogP contribution in [0.3, 0.4) is 0 Å². The Morgan fingerprint density at radius 2 is 1.78 bits per heavy atom. The molecule has 0 saturated heterocycles. The third-order valence-corrected chi connectivity index (χ3v) is 8.27. The summed E-state index contributed by atoms with van der Waals surface area (Å²) in [5, 5.41) is 3.97. The van der Waals surface area contributed by atoms with Crippen molar-refractivity contribution in [2.24, 2.45) is 0 Å². The van der Waals surface area contributed by atoms with Crippen molar-refractivity contribution in [2.45, 2.75) is 64.6 Å². The number of amides is 2. The molecule has 7 nitrogen and oxygen atoms in total. The number of rotatable bonds is 9. The van der Waals surface area contributed by atoms with Gasteiger partial charge in [0.2, 0.25) is 21.8 Å². The summed E-state index contributed by atoms with van der Waals surface area (Å²) in [4.78, 5) is 28.2. The number of nitrogens with one attached hydrogen (secondary N) is 1. The average Bonchev–Trinajstić information content (AvgIpc) is 2.82. The van der Waals surface area contributed by atoms with Crippen LogP contribution in [-0.2, 0) is 26.2 Å². The van der Waals surface area contributed by atoms with Gasteiger partial charge in [-0.1, -0.05) is 60.7 Å². The van der Waals surface area contributed by atoms with Gasteiger partial charge < -0.3 is 10.2 Å². The van der Waals surface area contributed by atoms with Crippen molar-refractivity contribution >= 4 is 50.7 Å². The van der Waals surface area contributed by atoms with E-state index in [2.05, 4.69) is 5.32 Å². The summed E-state index contributed by atoms with van der Waals surface area (Å²) < 4.78 is 26.4. The van der Waals surface area contributed by atoms with Crippen LogP contribution in [0.5, 0.6) is 0 Å². The second-order valence-corrected chi connectivity index (χ2v) is 12.1. The predicted molar refractivity (Wildman–Crippen MR) is 145 cm³/mol. The molecule has 1 N–H and O–H groups in total. The Morgan fingerprint density at radius 1 is 1.08 bits per heavy atom. The maximum atomic E-state index is 13.6. The first-order valence-electron chi connectivity index (χ1n) is 12.0. The molecule has 2 aromatic carbocycles. The molecule has 0 radical (unpaired) electrons. The van der Waals surface area contributed by atoms with E-state index in [-0.39, 0.29) is 24.2 Å². The number of halogens is 2. The largest absolute Gasteiger partial charge is 0.352 e. The number of hydrogen-bond acceptors (Lipinski definition) is 4. The highest BCUT2D eigenvalue weighted by Crippen LogP contribution is 2.26. The van der Waals surface area contributed by atoms with Gasteiger partial charge in [0.25, 0.3) is 0 Å². The van der Waals surface area contributed by atoms with Crippen LogP contribution in [0, 0.1) is 6.92 Å². The fourth-order valence-corrected chi connectivity index (χ4v) is 5.56. The highest BCUT2D eigenvalue weighted by Gasteiger charge is 2.31. The molecule has 0 aromatic heterocycles. The van der Waals surface area contributed by atoms with E-state index >= 15 is 0 Å². The smallest absolute Gasteiger partial charge is 0.244 e. The lowest BCUT2D eigenvalue weighted by molar-refractivity contribution is -0.139. The summed E-state index contributed by atoms with van der Waals surface area (Å²) in [6.07, 6.45) is 6.15. The van der Waals surface area contributed by atoms with Gasteiger partial charge in [0.15, 0.2) is 0 Å². The second-order valence-electron chi connectivity index (χ2n) is 9.37. The standard InChI is InChI=1S/C26H33Cl2N3O4S/c1-18-12-13-23(15-24(18)28)31(36(3,34)35)17-25(32)30(16-20-8-7-9-21(27)14-20)19(2)26(33)29-22-10-5-4-6-11-22/h7-9,12-15,19,22H,4-6,10-11,16-17H2,1-3H3,(H,29,33)/t19-/m0/s1. The number of anilines is 1. The first-order chi connectivity index (χ1) is 17.0. The SMILES string of the molecule is Cc1ccc(N(CC(=O)N(Cc2cccc(Cl)c2)[C@@H](C)C(=O)NC2CCCCC2)S(C)(=O)=O)cc1Cl. The summed E-state index contributed by atoms with van der Waals surface area (Å²) in [6.45, 7) is 3.10. The molecule has 1 aliphatic carbocycles. The van der Waals surface area contributed by atoms with E-state index in [4.69, 9.17) is 23.2 Å². The van der Waals surface area contributed by atoms with Crippen LogP contribution in [0.25, 0.3) is 0 Å². The fourth-order valence-electron chi connectivity index (χ4n) is 4.33. The Labute approximate surface area is 223 Å². The second kappa shape index (κ2) is 12.3. The zero-order valence-electron chi connectivity index (χ0n) is 20.8. The molecule has 1 saturated carbocycles. The molecule has 1 atom stereocenters. The van der Waals surface area contributed by atoms with Crippen LogP contribution in [0.2, 0.25) is 10.0 Å². The lowest BCUT2D eigenvalue weighted by Crippen LogP contribution is -2.52. The lowest BCUT2D eigenvalue weighted by Gasteiger charge is -2.33. The van der Waals surface area contributed by atoms with Crippen molar-refractivity contribution in [3.63, 3.8) is 0 Å². The van der Waals surface area contributed by atoms with Crippen LogP contribution in [0.15, 0.2) is 42.5 Å². The molecule has 0 aliphatic heterocycles. The quantitative estimate of drug-likeness (QED) is 0.476. The third-order valence-electron chi connectivity index (χ3n) is 6.48. The predicted octanol–water partition coefficient (Wildman–Crippen LogP) is 4.93. The van der Waals surface area contributed by atoms with Gasteiger partial charge in [0.05, 0.1) is 11.9 Å². The van der Waals surface area contributed by atoms with E-state index in [0.717, 1.165) is 53.8 Å². The van der Waals surface area contributed by atoms with Gasteiger partial charge >= 0.3 is 0 Å². The van der Waals surface area contributed by atoms with E-state index in [0.29, 0.717) is 10.0 Å². The van der Waals surface area contributed by atoms with Crippen molar-refractivity contribution in [2.75, 3.05) is 17.1 Å². The number of nitrogens with zero attached hydrogens (tertiary/aromatic N) is 2. The van der Waals surface area contributed by atoms with E-state index in [1.807, 2.05) is 6.07 Å². The zero-order chi connectivity index (χ0) is 26.5. The highest BCUT2D eigenvalue weighted by molar-refractivity contribution is 7.92. The van der Waals surface area contributed by atoms with Gasteiger partial charge in [-0.25, -0.2) is 8.42 Å². The van der Waals surface area contributed by atoms with Crippen molar-refractivity contribution in [1.82, 2.24) is 10.2 Å². The Hall–Kier alpha value is -2.29. The number of hydrogen-bond donors (Lipinski definition) is 1. The molecule has 196 valence electrons. The van der Waals surface area contributed by atoms with Gasteiger partial charge in [-0.3, -0.25) is 13.9 Å². The van der Waals surface area contributed by atoms with Gasteiger partial charge in [0.1, 0.15) is 12.6 Å². The van der Waals surface area contributed by atoms with Crippen molar-refractivity contribution in [1.29, 1.82) is 0 Å². The molecule has 0 bridgehead atoms. The van der Waals surface area contributed by atoms with Gasteiger partial charge in [-0.2, -0.15) is 0 Å². The summed E-state index contributed by atoms with van der Waals surface area (Å²) in [5.41, 5.74) is 1.80. The minimum atomic E-state index is -3.82. The molecule has 0 unspecified atom stereocenters. The maximum absolute atomic E-state index is 13.6. The molecular weight excluding hydrogens is 521 g/mol. The van der Waals surface area contributed by atoms with E-state index < -0.39 is 28.5 Å². The summed E-state index contributed by atoms with van der Waals surface area (Å²) in [7, 11) is -3.82. The van der Waals surface area contributed by atoms with Crippen molar-refractivity contribution < 1.29 is 18.0 Å². The molecule has 1 fully saturated rings. The van der Waals surface area contributed by atoms with Crippen LogP contribution >= 0.6 is 23.2 Å². The van der Waals surface area contributed by atoms with Crippen LogP contribution in [0.4, 0.5) is 5.69 Å². The first-order valence-corrected chi connectivity index (χ1v) is 14.6. The Kier molecular flexibility index (Phi) is 9.66. The number of carbonyl (C=O) groups excluding carboxylic acids is 2. The van der Waals surface area contributed by atoms with Gasteiger partial charge in [-0.05, 0) is 62.1 Å². The summed E-state index contributed by atoms with van der Waals surface area (Å²) in [5.74, 6) is -0.773. The molecule has 36 heavy (non-hydrogen) atoms. The topological polar surface area (TPSA) is 86.8 Å². The summed E-state index contributed by atoms with van der Waals surface area (Å²) in [6, 6.07) is 11.1. The highest BCUT2D eigenvalue weighted by atomic mass is 35.5. The number of sulfonamides is 1. The maximum Gasteiger partial charge on any atom is 0.244 e.